The van der Waals surface area contributed by atoms with Crippen molar-refractivity contribution in [2.45, 2.75) is 13.0 Å². The summed E-state index contributed by atoms with van der Waals surface area (Å²) in [6, 6.07) is 6.90. The van der Waals surface area contributed by atoms with Crippen molar-refractivity contribution < 1.29 is 19.4 Å². The van der Waals surface area contributed by atoms with Crippen molar-refractivity contribution in [1.29, 1.82) is 0 Å². The lowest BCUT2D eigenvalue weighted by Gasteiger charge is -2.32. The van der Waals surface area contributed by atoms with Gasteiger partial charge in [-0.25, -0.2) is 4.79 Å². The highest BCUT2D eigenvalue weighted by Crippen LogP contribution is 2.33. The van der Waals surface area contributed by atoms with Crippen molar-refractivity contribution in [3.05, 3.63) is 48.6 Å². The Kier molecular flexibility index (Phi) is 4.20. The molecule has 1 aliphatic heterocycles. The summed E-state index contributed by atoms with van der Waals surface area (Å²) in [7, 11) is 0. The Bertz CT molecular complexity index is 577. The van der Waals surface area contributed by atoms with Crippen molar-refractivity contribution in [2.24, 2.45) is 0 Å². The maximum absolute atomic E-state index is 12.2. The molecule has 1 unspecified atom stereocenters. The van der Waals surface area contributed by atoms with Crippen LogP contribution in [-0.4, -0.2) is 29.6 Å². The van der Waals surface area contributed by atoms with Crippen LogP contribution in [0.1, 0.15) is 6.92 Å². The number of nitrogens with zero attached hydrogens (tertiary/aromatic N) is 1. The maximum atomic E-state index is 12.2. The fraction of sp³-hybridized carbons (Fsp3) is 0.200. The van der Waals surface area contributed by atoms with E-state index in [9.17, 15) is 9.59 Å². The molecule has 0 aliphatic carbocycles. The first-order valence-corrected chi connectivity index (χ1v) is 6.23. The topological polar surface area (TPSA) is 66.8 Å². The van der Waals surface area contributed by atoms with E-state index in [1.54, 1.807) is 42.5 Å². The molecule has 20 heavy (non-hydrogen) atoms. The zero-order valence-electron chi connectivity index (χ0n) is 11.0. The molecular weight excluding hydrogens is 258 g/mol. The zero-order chi connectivity index (χ0) is 14.5. The monoisotopic (exact) mass is 273 g/mol. The molecule has 5 nitrogen and oxygen atoms in total. The van der Waals surface area contributed by atoms with Gasteiger partial charge in [-0.05, 0) is 19.1 Å². The number of carboxylic acids is 1. The van der Waals surface area contributed by atoms with Gasteiger partial charge in [-0.2, -0.15) is 0 Å². The number of benzene rings is 1. The van der Waals surface area contributed by atoms with E-state index in [0.29, 0.717) is 11.4 Å². The summed E-state index contributed by atoms with van der Waals surface area (Å²) in [5, 5.41) is 9.09. The lowest BCUT2D eigenvalue weighted by atomic mass is 10.2. The average molecular weight is 273 g/mol. The number of carbonyl (C=O) groups is 2. The van der Waals surface area contributed by atoms with E-state index >= 15 is 0 Å². The number of fused-ring (bicyclic) bond motifs is 1. The van der Waals surface area contributed by atoms with Gasteiger partial charge < -0.3 is 14.7 Å². The highest BCUT2D eigenvalue weighted by atomic mass is 16.5. The summed E-state index contributed by atoms with van der Waals surface area (Å²) < 4.78 is 5.37. The van der Waals surface area contributed by atoms with Gasteiger partial charge in [0.1, 0.15) is 5.75 Å². The molecule has 1 amide bonds. The molecule has 1 aromatic rings. The lowest BCUT2D eigenvalue weighted by Crippen LogP contribution is -2.46. The Morgan fingerprint density at radius 2 is 2.10 bits per heavy atom. The van der Waals surface area contributed by atoms with Crippen LogP contribution >= 0.6 is 0 Å². The van der Waals surface area contributed by atoms with Gasteiger partial charge >= 0.3 is 5.97 Å². The Balaban J connectivity index is 2.31. The fourth-order valence-electron chi connectivity index (χ4n) is 1.91. The number of allylic oxidation sites excluding steroid dienone is 3. The summed E-state index contributed by atoms with van der Waals surface area (Å²) in [4.78, 5) is 24.7. The van der Waals surface area contributed by atoms with Crippen LogP contribution < -0.4 is 9.64 Å². The Hall–Kier alpha value is -2.56. The molecule has 0 fully saturated rings. The van der Waals surface area contributed by atoms with Crippen molar-refractivity contribution in [1.82, 2.24) is 0 Å². The van der Waals surface area contributed by atoms with Gasteiger partial charge in [-0.3, -0.25) is 4.79 Å². The number of aliphatic carboxylic acids is 1. The number of amides is 1. The predicted octanol–water partition coefficient (Wildman–Crippen LogP) is 2.00. The van der Waals surface area contributed by atoms with Crippen molar-refractivity contribution >= 4 is 17.6 Å². The summed E-state index contributed by atoms with van der Waals surface area (Å²) in [6.45, 7) is 1.84. The first-order chi connectivity index (χ1) is 9.63. The summed E-state index contributed by atoms with van der Waals surface area (Å²) in [5.74, 6) is -0.959. The van der Waals surface area contributed by atoms with Gasteiger partial charge in [0, 0.05) is 6.08 Å². The summed E-state index contributed by atoms with van der Waals surface area (Å²) in [5.41, 5.74) is 0.583. The largest absolute Gasteiger partial charge is 0.478 e. The van der Waals surface area contributed by atoms with E-state index in [0.717, 1.165) is 0 Å². The second-order valence-corrected chi connectivity index (χ2v) is 4.25. The molecule has 1 atom stereocenters. The molecule has 1 heterocycles. The van der Waals surface area contributed by atoms with E-state index in [4.69, 9.17) is 9.84 Å². The normalized spacial score (nSPS) is 18.1. The van der Waals surface area contributed by atoms with Crippen molar-refractivity contribution in [3.8, 4) is 5.75 Å². The third-order valence-corrected chi connectivity index (χ3v) is 2.86. The highest BCUT2D eigenvalue weighted by Gasteiger charge is 2.32. The second-order valence-electron chi connectivity index (χ2n) is 4.25. The third-order valence-electron chi connectivity index (χ3n) is 2.86. The summed E-state index contributed by atoms with van der Waals surface area (Å²) >= 11 is 0. The SMILES string of the molecule is C/C=C/C=C/C(=O)N1CC(C(=O)O)Oc2ccccc21. The van der Waals surface area contributed by atoms with Gasteiger partial charge in [0.15, 0.2) is 0 Å². The molecule has 0 saturated heterocycles. The molecule has 104 valence electrons. The number of carbonyl (C=O) groups excluding carboxylic acids is 1. The van der Waals surface area contributed by atoms with E-state index in [-0.39, 0.29) is 12.5 Å². The summed E-state index contributed by atoms with van der Waals surface area (Å²) in [6.07, 6.45) is 5.51. The minimum Gasteiger partial charge on any atom is -0.478 e. The minimum atomic E-state index is -1.09. The Labute approximate surface area is 116 Å². The molecule has 2 rings (SSSR count). The molecule has 1 aromatic carbocycles. The van der Waals surface area contributed by atoms with Crippen LogP contribution in [-0.2, 0) is 9.59 Å². The lowest BCUT2D eigenvalue weighted by molar-refractivity contribution is -0.145. The van der Waals surface area contributed by atoms with Crippen LogP contribution in [0.25, 0.3) is 0 Å². The van der Waals surface area contributed by atoms with Gasteiger partial charge in [0.2, 0.25) is 6.10 Å². The quantitative estimate of drug-likeness (QED) is 0.675. The third kappa shape index (κ3) is 2.88. The van der Waals surface area contributed by atoms with Gasteiger partial charge in [-0.1, -0.05) is 30.4 Å². The van der Waals surface area contributed by atoms with Crippen LogP contribution in [0.2, 0.25) is 0 Å². The van der Waals surface area contributed by atoms with Crippen LogP contribution in [0, 0.1) is 0 Å². The molecule has 0 spiro atoms. The Morgan fingerprint density at radius 1 is 1.35 bits per heavy atom. The number of hydrogen-bond donors (Lipinski definition) is 1. The number of ether oxygens (including phenoxy) is 1. The standard InChI is InChI=1S/C15H15NO4/c1-2-3-4-9-14(17)16-10-13(15(18)19)20-12-8-6-5-7-11(12)16/h2-9,13H,10H2,1H3,(H,18,19)/b3-2+,9-4+. The van der Waals surface area contributed by atoms with Crippen LogP contribution in [0.3, 0.4) is 0 Å². The van der Waals surface area contributed by atoms with Crippen LogP contribution in [0.5, 0.6) is 5.75 Å². The Morgan fingerprint density at radius 3 is 2.80 bits per heavy atom. The van der Waals surface area contributed by atoms with Gasteiger partial charge in [0.25, 0.3) is 5.91 Å². The zero-order valence-corrected chi connectivity index (χ0v) is 11.0. The van der Waals surface area contributed by atoms with E-state index in [2.05, 4.69) is 0 Å². The molecule has 1 N–H and O–H groups in total. The number of carboxylic acid groups (broad SMARTS) is 1. The molecule has 0 saturated carbocycles. The first-order valence-electron chi connectivity index (χ1n) is 6.23. The number of anilines is 1. The molecule has 5 heteroatoms. The minimum absolute atomic E-state index is 0.00857. The number of hydrogen-bond acceptors (Lipinski definition) is 3. The van der Waals surface area contributed by atoms with Crippen molar-refractivity contribution in [3.63, 3.8) is 0 Å². The predicted molar refractivity (Wildman–Crippen MR) is 74.8 cm³/mol. The van der Waals surface area contributed by atoms with Crippen molar-refractivity contribution in [2.75, 3.05) is 11.4 Å². The van der Waals surface area contributed by atoms with E-state index < -0.39 is 12.1 Å². The van der Waals surface area contributed by atoms with Gasteiger partial charge in [-0.15, -0.1) is 0 Å². The van der Waals surface area contributed by atoms with Crippen LogP contribution in [0.15, 0.2) is 48.6 Å². The average Bonchev–Trinajstić information content (AvgIpc) is 2.46. The molecule has 0 aromatic heterocycles. The van der Waals surface area contributed by atoms with Crippen LogP contribution in [0.4, 0.5) is 5.69 Å². The smallest absolute Gasteiger partial charge is 0.346 e. The number of rotatable bonds is 3. The van der Waals surface area contributed by atoms with Gasteiger partial charge in [0.05, 0.1) is 12.2 Å². The first kappa shape index (κ1) is 13.9. The maximum Gasteiger partial charge on any atom is 0.346 e. The fourth-order valence-corrected chi connectivity index (χ4v) is 1.91. The molecular formula is C15H15NO4. The molecule has 1 aliphatic rings. The molecule has 0 radical (unpaired) electrons. The highest BCUT2D eigenvalue weighted by molar-refractivity contribution is 6.03. The second kappa shape index (κ2) is 6.06. The van der Waals surface area contributed by atoms with E-state index in [1.807, 2.05) is 6.92 Å². The van der Waals surface area contributed by atoms with E-state index in [1.165, 1.54) is 11.0 Å². The number of para-hydroxylation sites is 2. The molecule has 0 bridgehead atoms.